The van der Waals surface area contributed by atoms with Gasteiger partial charge in [0.25, 0.3) is 0 Å². The Balaban J connectivity index is 2.38. The van der Waals surface area contributed by atoms with Gasteiger partial charge in [-0.05, 0) is 44.4 Å². The zero-order valence-electron chi connectivity index (χ0n) is 10.6. The summed E-state index contributed by atoms with van der Waals surface area (Å²) in [6.07, 6.45) is 2.17. The van der Waals surface area contributed by atoms with Crippen molar-refractivity contribution in [2.75, 3.05) is 7.11 Å². The molecule has 0 spiro atoms. The van der Waals surface area contributed by atoms with Gasteiger partial charge in [0, 0.05) is 11.0 Å². The quantitative estimate of drug-likeness (QED) is 0.815. The van der Waals surface area contributed by atoms with Crippen molar-refractivity contribution >= 4 is 5.97 Å². The molecule has 1 fully saturated rings. The van der Waals surface area contributed by atoms with Crippen molar-refractivity contribution in [3.63, 3.8) is 0 Å². The predicted molar refractivity (Wildman–Crippen MR) is 67.0 cm³/mol. The van der Waals surface area contributed by atoms with E-state index in [0.717, 1.165) is 18.4 Å². The van der Waals surface area contributed by atoms with Crippen molar-refractivity contribution in [3.05, 3.63) is 35.4 Å². The highest BCUT2D eigenvalue weighted by molar-refractivity contribution is 5.89. The highest BCUT2D eigenvalue weighted by atomic mass is 16.5. The number of hydrogen-bond donors (Lipinski definition) is 1. The minimum atomic E-state index is -0.294. The van der Waals surface area contributed by atoms with Gasteiger partial charge in [0.1, 0.15) is 0 Å². The maximum atomic E-state index is 11.5. The summed E-state index contributed by atoms with van der Waals surface area (Å²) in [7, 11) is 1.40. The zero-order chi connectivity index (χ0) is 12.7. The van der Waals surface area contributed by atoms with Crippen molar-refractivity contribution in [3.8, 4) is 0 Å². The first-order chi connectivity index (χ1) is 7.90. The van der Waals surface area contributed by atoms with Gasteiger partial charge in [-0.15, -0.1) is 0 Å². The van der Waals surface area contributed by atoms with Crippen molar-refractivity contribution in [2.24, 2.45) is 5.73 Å². The van der Waals surface area contributed by atoms with Crippen LogP contribution in [0.2, 0.25) is 0 Å². The average Bonchev–Trinajstić information content (AvgIpc) is 3.08. The Kier molecular flexibility index (Phi) is 2.74. The summed E-state index contributed by atoms with van der Waals surface area (Å²) in [6.45, 7) is 4.09. The highest BCUT2D eigenvalue weighted by Crippen LogP contribution is 2.54. The fraction of sp³-hybridized carbons (Fsp3) is 0.500. The lowest BCUT2D eigenvalue weighted by atomic mass is 9.79. The van der Waals surface area contributed by atoms with E-state index in [4.69, 9.17) is 10.5 Å². The fourth-order valence-corrected chi connectivity index (χ4v) is 2.49. The van der Waals surface area contributed by atoms with Gasteiger partial charge in [-0.2, -0.15) is 0 Å². The third kappa shape index (κ3) is 1.95. The summed E-state index contributed by atoms with van der Waals surface area (Å²) in [5, 5.41) is 0. The van der Waals surface area contributed by atoms with Crippen LogP contribution in [0.15, 0.2) is 24.3 Å². The summed E-state index contributed by atoms with van der Waals surface area (Å²) < 4.78 is 4.74. The Morgan fingerprint density at radius 3 is 2.53 bits per heavy atom. The number of carbonyl (C=O) groups is 1. The van der Waals surface area contributed by atoms with Crippen LogP contribution in [0.5, 0.6) is 0 Å². The molecular weight excluding hydrogens is 214 g/mol. The Bertz CT molecular complexity index is 442. The number of carbonyl (C=O) groups excluding carboxylic acids is 1. The van der Waals surface area contributed by atoms with Crippen LogP contribution in [0.25, 0.3) is 0 Å². The molecule has 1 aromatic rings. The number of esters is 1. The lowest BCUT2D eigenvalue weighted by Gasteiger charge is -2.31. The van der Waals surface area contributed by atoms with Crippen LogP contribution in [0.4, 0.5) is 0 Å². The second-order valence-electron chi connectivity index (χ2n) is 5.38. The minimum absolute atomic E-state index is 0.0248. The molecule has 0 heterocycles. The van der Waals surface area contributed by atoms with Gasteiger partial charge in [0.05, 0.1) is 12.7 Å². The normalized spacial score (nSPS) is 17.6. The van der Waals surface area contributed by atoms with Gasteiger partial charge in [0.2, 0.25) is 0 Å². The van der Waals surface area contributed by atoms with E-state index in [1.54, 1.807) is 6.07 Å². The van der Waals surface area contributed by atoms with E-state index in [1.807, 2.05) is 32.0 Å². The Labute approximate surface area is 102 Å². The van der Waals surface area contributed by atoms with Gasteiger partial charge in [0.15, 0.2) is 0 Å². The van der Waals surface area contributed by atoms with E-state index in [9.17, 15) is 4.79 Å². The van der Waals surface area contributed by atoms with Crippen LogP contribution in [0, 0.1) is 0 Å². The predicted octanol–water partition coefficient (Wildman–Crippen LogP) is 2.24. The first kappa shape index (κ1) is 12.1. The molecule has 0 amide bonds. The minimum Gasteiger partial charge on any atom is -0.465 e. The van der Waals surface area contributed by atoms with Crippen molar-refractivity contribution in [1.29, 1.82) is 0 Å². The Morgan fingerprint density at radius 2 is 2.06 bits per heavy atom. The molecule has 3 nitrogen and oxygen atoms in total. The van der Waals surface area contributed by atoms with Crippen molar-refractivity contribution in [2.45, 2.75) is 37.6 Å². The Hall–Kier alpha value is -1.35. The summed E-state index contributed by atoms with van der Waals surface area (Å²) >= 11 is 0. The van der Waals surface area contributed by atoms with E-state index in [2.05, 4.69) is 0 Å². The molecule has 1 aliphatic rings. The molecule has 2 rings (SSSR count). The van der Waals surface area contributed by atoms with Crippen LogP contribution >= 0.6 is 0 Å². The summed E-state index contributed by atoms with van der Waals surface area (Å²) in [6, 6.07) is 7.63. The molecule has 92 valence electrons. The lowest BCUT2D eigenvalue weighted by molar-refractivity contribution is 0.0600. The molecular formula is C14H19NO2. The summed E-state index contributed by atoms with van der Waals surface area (Å²) in [5.74, 6) is -0.294. The molecule has 17 heavy (non-hydrogen) atoms. The number of ether oxygens (including phenoxy) is 1. The molecule has 2 N–H and O–H groups in total. The summed E-state index contributed by atoms with van der Waals surface area (Å²) in [5.41, 5.74) is 7.76. The first-order valence-electron chi connectivity index (χ1n) is 5.88. The molecule has 1 aliphatic carbocycles. The van der Waals surface area contributed by atoms with Gasteiger partial charge in [-0.25, -0.2) is 4.79 Å². The molecule has 0 aliphatic heterocycles. The van der Waals surface area contributed by atoms with E-state index >= 15 is 0 Å². The van der Waals surface area contributed by atoms with Gasteiger partial charge in [-0.1, -0.05) is 12.1 Å². The van der Waals surface area contributed by atoms with Gasteiger partial charge >= 0.3 is 5.97 Å². The first-order valence-corrected chi connectivity index (χ1v) is 5.88. The number of benzene rings is 1. The van der Waals surface area contributed by atoms with Crippen LogP contribution in [-0.2, 0) is 10.2 Å². The number of rotatable bonds is 3. The van der Waals surface area contributed by atoms with E-state index in [-0.39, 0.29) is 16.9 Å². The molecule has 0 unspecified atom stereocenters. The second-order valence-corrected chi connectivity index (χ2v) is 5.38. The zero-order valence-corrected chi connectivity index (χ0v) is 10.6. The highest BCUT2D eigenvalue weighted by Gasteiger charge is 2.53. The third-order valence-corrected chi connectivity index (χ3v) is 3.82. The monoisotopic (exact) mass is 233 g/mol. The number of hydrogen-bond acceptors (Lipinski definition) is 3. The second kappa shape index (κ2) is 3.84. The third-order valence-electron chi connectivity index (χ3n) is 3.82. The van der Waals surface area contributed by atoms with Crippen molar-refractivity contribution in [1.82, 2.24) is 0 Å². The van der Waals surface area contributed by atoms with Gasteiger partial charge in [-0.3, -0.25) is 0 Å². The van der Waals surface area contributed by atoms with Crippen LogP contribution < -0.4 is 5.73 Å². The largest absolute Gasteiger partial charge is 0.465 e. The average molecular weight is 233 g/mol. The fourth-order valence-electron chi connectivity index (χ4n) is 2.49. The topological polar surface area (TPSA) is 52.3 Å². The molecule has 0 radical (unpaired) electrons. The molecule has 1 aromatic carbocycles. The molecule has 1 saturated carbocycles. The lowest BCUT2D eigenvalue weighted by Crippen LogP contribution is -2.45. The molecule has 0 aromatic heterocycles. The standard InChI is InChI=1S/C14H19NO2/c1-13(2,15)14(7-8-14)11-6-4-5-10(9-11)12(16)17-3/h4-6,9H,7-8,15H2,1-3H3. The molecule has 0 atom stereocenters. The maximum absolute atomic E-state index is 11.5. The van der Waals surface area contributed by atoms with E-state index in [1.165, 1.54) is 7.11 Å². The van der Waals surface area contributed by atoms with E-state index in [0.29, 0.717) is 5.56 Å². The van der Waals surface area contributed by atoms with Crippen molar-refractivity contribution < 1.29 is 9.53 Å². The Morgan fingerprint density at radius 1 is 1.41 bits per heavy atom. The number of nitrogens with two attached hydrogens (primary N) is 1. The van der Waals surface area contributed by atoms with E-state index < -0.39 is 0 Å². The van der Waals surface area contributed by atoms with Crippen LogP contribution in [0.3, 0.4) is 0 Å². The number of methoxy groups -OCH3 is 1. The molecule has 0 bridgehead atoms. The summed E-state index contributed by atoms with van der Waals surface area (Å²) in [4.78, 5) is 11.5. The molecule has 3 heteroatoms. The van der Waals surface area contributed by atoms with Crippen LogP contribution in [-0.4, -0.2) is 18.6 Å². The SMILES string of the molecule is COC(=O)c1cccc(C2(C(C)(C)N)CC2)c1. The molecule has 0 saturated heterocycles. The van der Waals surface area contributed by atoms with Crippen LogP contribution in [0.1, 0.15) is 42.6 Å². The smallest absolute Gasteiger partial charge is 0.337 e. The van der Waals surface area contributed by atoms with Gasteiger partial charge < -0.3 is 10.5 Å². The maximum Gasteiger partial charge on any atom is 0.337 e.